The summed E-state index contributed by atoms with van der Waals surface area (Å²) in [6.07, 6.45) is 1.05. The molecule has 0 radical (unpaired) electrons. The van der Waals surface area contributed by atoms with E-state index in [1.165, 1.54) is 6.07 Å². The number of hydrogen-bond donors (Lipinski definition) is 1. The quantitative estimate of drug-likeness (QED) is 0.476. The second kappa shape index (κ2) is 7.40. The van der Waals surface area contributed by atoms with Gasteiger partial charge in [0.25, 0.3) is 0 Å². The molecule has 2 rings (SSSR count). The van der Waals surface area contributed by atoms with E-state index in [2.05, 4.69) is 12.2 Å². The Morgan fingerprint density at radius 3 is 2.48 bits per heavy atom. The molecule has 5 heteroatoms. The molecule has 0 aromatic heterocycles. The van der Waals surface area contributed by atoms with Crippen LogP contribution in [0.15, 0.2) is 48.5 Å². The van der Waals surface area contributed by atoms with Gasteiger partial charge in [0.15, 0.2) is 0 Å². The van der Waals surface area contributed by atoms with Crippen molar-refractivity contribution >= 4 is 5.69 Å². The molecule has 21 heavy (non-hydrogen) atoms. The van der Waals surface area contributed by atoms with Gasteiger partial charge in [-0.05, 0) is 25.1 Å². The first-order valence-electron chi connectivity index (χ1n) is 6.92. The molecular formula is C16H18N2O3. The van der Waals surface area contributed by atoms with E-state index in [-0.39, 0.29) is 11.4 Å². The highest BCUT2D eigenvalue weighted by Crippen LogP contribution is 2.32. The highest BCUT2D eigenvalue weighted by Gasteiger charge is 2.15. The second-order valence-corrected chi connectivity index (χ2v) is 4.61. The van der Waals surface area contributed by atoms with Crippen molar-refractivity contribution in [3.05, 3.63) is 64.2 Å². The van der Waals surface area contributed by atoms with Crippen LogP contribution in [0.2, 0.25) is 0 Å². The largest absolute Gasteiger partial charge is 0.450 e. The van der Waals surface area contributed by atoms with Crippen LogP contribution in [0.3, 0.4) is 0 Å². The van der Waals surface area contributed by atoms with E-state index in [0.717, 1.165) is 18.5 Å². The average Bonchev–Trinajstić information content (AvgIpc) is 2.49. The van der Waals surface area contributed by atoms with Crippen molar-refractivity contribution in [3.8, 4) is 11.5 Å². The van der Waals surface area contributed by atoms with Gasteiger partial charge in [-0.1, -0.05) is 37.3 Å². The predicted octanol–water partition coefficient (Wildman–Crippen LogP) is 3.89. The van der Waals surface area contributed by atoms with Gasteiger partial charge in [-0.3, -0.25) is 10.1 Å². The number of nitrogens with one attached hydrogen (secondary N) is 1. The molecule has 0 heterocycles. The summed E-state index contributed by atoms with van der Waals surface area (Å²) < 4.78 is 5.75. The number of nitro groups is 1. The number of para-hydroxylation sites is 3. The third kappa shape index (κ3) is 4.03. The van der Waals surface area contributed by atoms with Gasteiger partial charge in [-0.2, -0.15) is 0 Å². The van der Waals surface area contributed by atoms with Crippen LogP contribution >= 0.6 is 0 Å². The molecule has 0 fully saturated rings. The molecule has 2 aromatic carbocycles. The molecule has 0 atom stereocenters. The van der Waals surface area contributed by atoms with E-state index < -0.39 is 4.92 Å². The number of nitro benzene ring substituents is 1. The van der Waals surface area contributed by atoms with E-state index in [0.29, 0.717) is 12.3 Å². The van der Waals surface area contributed by atoms with Crippen molar-refractivity contribution in [2.75, 3.05) is 6.54 Å². The monoisotopic (exact) mass is 286 g/mol. The van der Waals surface area contributed by atoms with Crippen LogP contribution in [-0.4, -0.2) is 11.5 Å². The third-order valence-electron chi connectivity index (χ3n) is 3.00. The molecule has 0 spiro atoms. The number of nitrogens with zero attached hydrogens (tertiary/aromatic N) is 1. The van der Waals surface area contributed by atoms with Crippen LogP contribution in [0.5, 0.6) is 11.5 Å². The Bertz CT molecular complexity index is 614. The first-order valence-corrected chi connectivity index (χ1v) is 6.92. The lowest BCUT2D eigenvalue weighted by molar-refractivity contribution is -0.385. The summed E-state index contributed by atoms with van der Waals surface area (Å²) in [7, 11) is 0. The van der Waals surface area contributed by atoms with Gasteiger partial charge < -0.3 is 10.1 Å². The molecule has 0 bridgehead atoms. The van der Waals surface area contributed by atoms with E-state index >= 15 is 0 Å². The van der Waals surface area contributed by atoms with Crippen molar-refractivity contribution in [1.29, 1.82) is 0 Å². The fraction of sp³-hybridized carbons (Fsp3) is 0.250. The molecule has 0 amide bonds. The van der Waals surface area contributed by atoms with Gasteiger partial charge in [0.2, 0.25) is 5.75 Å². The van der Waals surface area contributed by atoms with E-state index in [1.807, 2.05) is 24.3 Å². The summed E-state index contributed by atoms with van der Waals surface area (Å²) in [6.45, 7) is 3.69. The summed E-state index contributed by atoms with van der Waals surface area (Å²) in [6, 6.07) is 13.9. The van der Waals surface area contributed by atoms with E-state index in [1.54, 1.807) is 18.2 Å². The Hall–Kier alpha value is -2.40. The molecule has 1 N–H and O–H groups in total. The Kier molecular flexibility index (Phi) is 5.29. The minimum Gasteiger partial charge on any atom is -0.450 e. The maximum Gasteiger partial charge on any atom is 0.311 e. The summed E-state index contributed by atoms with van der Waals surface area (Å²) >= 11 is 0. The summed E-state index contributed by atoms with van der Waals surface area (Å²) in [5.74, 6) is 0.890. The molecule has 110 valence electrons. The Balaban J connectivity index is 2.22. The molecule has 0 aliphatic rings. The molecule has 0 aliphatic heterocycles. The molecular weight excluding hydrogens is 268 g/mol. The zero-order valence-electron chi connectivity index (χ0n) is 11.9. The lowest BCUT2D eigenvalue weighted by atomic mass is 10.2. The van der Waals surface area contributed by atoms with Gasteiger partial charge >= 0.3 is 5.69 Å². The molecule has 5 nitrogen and oxygen atoms in total. The van der Waals surface area contributed by atoms with Gasteiger partial charge in [0.1, 0.15) is 5.75 Å². The predicted molar refractivity (Wildman–Crippen MR) is 81.6 cm³/mol. The average molecular weight is 286 g/mol. The first kappa shape index (κ1) is 15.0. The van der Waals surface area contributed by atoms with Crippen molar-refractivity contribution in [2.45, 2.75) is 19.9 Å². The third-order valence-corrected chi connectivity index (χ3v) is 3.00. The van der Waals surface area contributed by atoms with E-state index in [9.17, 15) is 10.1 Å². The minimum absolute atomic E-state index is 0.0335. The standard InChI is InChI=1S/C16H18N2O3/c1-2-11-17-12-13-7-3-5-9-15(13)21-16-10-6-4-8-14(16)18(19)20/h3-10,17H,2,11-12H2,1H3. The van der Waals surface area contributed by atoms with Crippen LogP contribution < -0.4 is 10.1 Å². The topological polar surface area (TPSA) is 64.4 Å². The molecule has 0 aliphatic carbocycles. The fourth-order valence-electron chi connectivity index (χ4n) is 1.96. The minimum atomic E-state index is -0.437. The molecule has 0 saturated carbocycles. The summed E-state index contributed by atoms with van der Waals surface area (Å²) in [4.78, 5) is 10.6. The van der Waals surface area contributed by atoms with Crippen LogP contribution in [0, 0.1) is 10.1 Å². The van der Waals surface area contributed by atoms with Gasteiger partial charge in [-0.15, -0.1) is 0 Å². The summed E-state index contributed by atoms with van der Waals surface area (Å²) in [5.41, 5.74) is 0.943. The normalized spacial score (nSPS) is 10.3. The van der Waals surface area contributed by atoms with Gasteiger partial charge in [-0.25, -0.2) is 0 Å². The number of rotatable bonds is 7. The Morgan fingerprint density at radius 2 is 1.76 bits per heavy atom. The summed E-state index contributed by atoms with van der Waals surface area (Å²) in [5, 5.41) is 14.3. The zero-order chi connectivity index (χ0) is 15.1. The van der Waals surface area contributed by atoms with Gasteiger partial charge in [0.05, 0.1) is 4.92 Å². The molecule has 0 unspecified atom stereocenters. The van der Waals surface area contributed by atoms with Crippen molar-refractivity contribution in [2.24, 2.45) is 0 Å². The van der Waals surface area contributed by atoms with Crippen molar-refractivity contribution < 1.29 is 9.66 Å². The van der Waals surface area contributed by atoms with Crippen molar-refractivity contribution in [3.63, 3.8) is 0 Å². The van der Waals surface area contributed by atoms with Gasteiger partial charge in [0, 0.05) is 18.2 Å². The maximum absolute atomic E-state index is 11.0. The van der Waals surface area contributed by atoms with Crippen LogP contribution in [0.4, 0.5) is 5.69 Å². The lowest BCUT2D eigenvalue weighted by Crippen LogP contribution is -2.14. The smallest absolute Gasteiger partial charge is 0.311 e. The number of benzene rings is 2. The Morgan fingerprint density at radius 1 is 1.10 bits per heavy atom. The van der Waals surface area contributed by atoms with E-state index in [4.69, 9.17) is 4.74 Å². The highest BCUT2D eigenvalue weighted by atomic mass is 16.6. The molecule has 2 aromatic rings. The van der Waals surface area contributed by atoms with Crippen LogP contribution in [0.25, 0.3) is 0 Å². The Labute approximate surface area is 123 Å². The number of hydrogen-bond acceptors (Lipinski definition) is 4. The highest BCUT2D eigenvalue weighted by molar-refractivity contribution is 5.49. The van der Waals surface area contributed by atoms with Crippen molar-refractivity contribution in [1.82, 2.24) is 5.32 Å². The molecule has 0 saturated heterocycles. The lowest BCUT2D eigenvalue weighted by Gasteiger charge is -2.11. The SMILES string of the molecule is CCCNCc1ccccc1Oc1ccccc1[N+](=O)[O-]. The van der Waals surface area contributed by atoms with Crippen LogP contribution in [-0.2, 0) is 6.54 Å². The second-order valence-electron chi connectivity index (χ2n) is 4.61. The fourth-order valence-corrected chi connectivity index (χ4v) is 1.96. The first-order chi connectivity index (χ1) is 10.2. The van der Waals surface area contributed by atoms with Crippen LogP contribution in [0.1, 0.15) is 18.9 Å². The maximum atomic E-state index is 11.0. The number of ether oxygens (including phenoxy) is 1. The zero-order valence-corrected chi connectivity index (χ0v) is 11.9.